The third-order valence-corrected chi connectivity index (χ3v) is 3.29. The Bertz CT molecular complexity index is 364. The SMILES string of the molecule is Oc1c(F)cc(Br)cc1C1CCNCC1. The molecule has 0 aliphatic carbocycles. The van der Waals surface area contributed by atoms with Gasteiger partial charge in [0.05, 0.1) is 0 Å². The molecular formula is C11H13BrFNO. The van der Waals surface area contributed by atoms with Gasteiger partial charge in [0.25, 0.3) is 0 Å². The summed E-state index contributed by atoms with van der Waals surface area (Å²) in [5.74, 6) is -0.471. The van der Waals surface area contributed by atoms with Crippen molar-refractivity contribution in [3.05, 3.63) is 28.0 Å². The van der Waals surface area contributed by atoms with Crippen molar-refractivity contribution in [1.82, 2.24) is 5.32 Å². The topological polar surface area (TPSA) is 32.3 Å². The van der Waals surface area contributed by atoms with Gasteiger partial charge < -0.3 is 10.4 Å². The summed E-state index contributed by atoms with van der Waals surface area (Å²) >= 11 is 3.25. The number of halogens is 2. The Balaban J connectivity index is 2.33. The molecule has 1 fully saturated rings. The van der Waals surface area contributed by atoms with Gasteiger partial charge in [-0.05, 0) is 44.0 Å². The summed E-state index contributed by atoms with van der Waals surface area (Å²) in [7, 11) is 0. The fourth-order valence-electron chi connectivity index (χ4n) is 2.03. The van der Waals surface area contributed by atoms with E-state index in [1.165, 1.54) is 6.07 Å². The van der Waals surface area contributed by atoms with E-state index in [1.54, 1.807) is 0 Å². The summed E-state index contributed by atoms with van der Waals surface area (Å²) < 4.78 is 14.0. The molecule has 1 heterocycles. The molecule has 15 heavy (non-hydrogen) atoms. The highest BCUT2D eigenvalue weighted by Crippen LogP contribution is 2.35. The van der Waals surface area contributed by atoms with E-state index in [0.717, 1.165) is 31.5 Å². The van der Waals surface area contributed by atoms with Gasteiger partial charge in [0, 0.05) is 10.0 Å². The van der Waals surface area contributed by atoms with E-state index in [2.05, 4.69) is 21.2 Å². The van der Waals surface area contributed by atoms with Crippen molar-refractivity contribution in [1.29, 1.82) is 0 Å². The predicted octanol–water partition coefficient (Wildman–Crippen LogP) is 2.76. The Morgan fingerprint density at radius 3 is 2.67 bits per heavy atom. The number of hydrogen-bond acceptors (Lipinski definition) is 2. The number of benzene rings is 1. The summed E-state index contributed by atoms with van der Waals surface area (Å²) in [5, 5.41) is 12.9. The van der Waals surface area contributed by atoms with E-state index in [0.29, 0.717) is 4.47 Å². The van der Waals surface area contributed by atoms with Gasteiger partial charge in [0.1, 0.15) is 0 Å². The van der Waals surface area contributed by atoms with E-state index >= 15 is 0 Å². The van der Waals surface area contributed by atoms with Gasteiger partial charge in [-0.3, -0.25) is 0 Å². The van der Waals surface area contributed by atoms with Crippen LogP contribution in [0.2, 0.25) is 0 Å². The third-order valence-electron chi connectivity index (χ3n) is 2.84. The van der Waals surface area contributed by atoms with Gasteiger partial charge >= 0.3 is 0 Å². The number of aromatic hydroxyl groups is 1. The molecule has 2 rings (SSSR count). The second-order valence-electron chi connectivity index (χ2n) is 3.85. The van der Waals surface area contributed by atoms with Crippen molar-refractivity contribution in [2.45, 2.75) is 18.8 Å². The number of rotatable bonds is 1. The number of phenolic OH excluding ortho intramolecular Hbond substituents is 1. The van der Waals surface area contributed by atoms with Crippen molar-refractivity contribution in [2.75, 3.05) is 13.1 Å². The molecule has 0 spiro atoms. The monoisotopic (exact) mass is 273 g/mol. The van der Waals surface area contributed by atoms with E-state index in [-0.39, 0.29) is 11.7 Å². The molecule has 0 unspecified atom stereocenters. The average molecular weight is 274 g/mol. The molecule has 1 aromatic carbocycles. The van der Waals surface area contributed by atoms with E-state index in [4.69, 9.17) is 0 Å². The normalized spacial score (nSPS) is 18.0. The lowest BCUT2D eigenvalue weighted by Gasteiger charge is -2.23. The quantitative estimate of drug-likeness (QED) is 0.825. The highest BCUT2D eigenvalue weighted by atomic mass is 79.9. The van der Waals surface area contributed by atoms with Crippen LogP contribution in [0.3, 0.4) is 0 Å². The van der Waals surface area contributed by atoms with Crippen LogP contribution in [0.5, 0.6) is 5.75 Å². The zero-order valence-electron chi connectivity index (χ0n) is 8.26. The lowest BCUT2D eigenvalue weighted by Crippen LogP contribution is -2.26. The maximum atomic E-state index is 13.3. The minimum absolute atomic E-state index is 0.190. The second kappa shape index (κ2) is 4.49. The van der Waals surface area contributed by atoms with Crippen LogP contribution < -0.4 is 5.32 Å². The number of hydrogen-bond donors (Lipinski definition) is 2. The maximum Gasteiger partial charge on any atom is 0.166 e. The lowest BCUT2D eigenvalue weighted by atomic mass is 9.89. The summed E-state index contributed by atoms with van der Waals surface area (Å²) in [5.41, 5.74) is 0.725. The molecule has 0 saturated carbocycles. The Hall–Kier alpha value is -0.610. The molecule has 4 heteroatoms. The van der Waals surface area contributed by atoms with Crippen LogP contribution in [-0.4, -0.2) is 18.2 Å². The minimum atomic E-state index is -0.544. The zero-order chi connectivity index (χ0) is 10.8. The summed E-state index contributed by atoms with van der Waals surface area (Å²) in [4.78, 5) is 0. The molecule has 1 aliphatic heterocycles. The van der Waals surface area contributed by atoms with Gasteiger partial charge in [0.2, 0.25) is 0 Å². The number of piperidine rings is 1. The Morgan fingerprint density at radius 1 is 1.33 bits per heavy atom. The maximum absolute atomic E-state index is 13.3. The summed E-state index contributed by atoms with van der Waals surface area (Å²) in [6.45, 7) is 1.86. The van der Waals surface area contributed by atoms with Crippen molar-refractivity contribution >= 4 is 15.9 Å². The van der Waals surface area contributed by atoms with E-state index in [9.17, 15) is 9.50 Å². The van der Waals surface area contributed by atoms with E-state index in [1.807, 2.05) is 6.07 Å². The molecule has 2 N–H and O–H groups in total. The summed E-state index contributed by atoms with van der Waals surface area (Å²) in [6, 6.07) is 3.11. The fourth-order valence-corrected chi connectivity index (χ4v) is 2.48. The smallest absolute Gasteiger partial charge is 0.166 e. The standard InChI is InChI=1S/C11H13BrFNO/c12-8-5-9(11(15)10(13)6-8)7-1-3-14-4-2-7/h5-7,14-15H,1-4H2. The first kappa shape index (κ1) is 10.9. The Kier molecular flexibility index (Phi) is 3.26. The average Bonchev–Trinajstić information content (AvgIpc) is 2.24. The molecule has 1 aliphatic rings. The van der Waals surface area contributed by atoms with Crippen molar-refractivity contribution in [3.8, 4) is 5.75 Å². The first-order valence-electron chi connectivity index (χ1n) is 5.07. The number of phenols is 1. The molecule has 1 aromatic rings. The molecule has 0 radical (unpaired) electrons. The Morgan fingerprint density at radius 2 is 2.00 bits per heavy atom. The molecule has 2 nitrogen and oxygen atoms in total. The van der Waals surface area contributed by atoms with Crippen molar-refractivity contribution in [2.24, 2.45) is 0 Å². The van der Waals surface area contributed by atoms with Crippen LogP contribution in [0.25, 0.3) is 0 Å². The predicted molar refractivity (Wildman–Crippen MR) is 60.6 cm³/mol. The summed E-state index contributed by atoms with van der Waals surface area (Å²) in [6.07, 6.45) is 1.90. The Labute approximate surface area is 96.6 Å². The molecule has 0 aromatic heterocycles. The molecular weight excluding hydrogens is 261 g/mol. The van der Waals surface area contributed by atoms with Crippen LogP contribution in [0.4, 0.5) is 4.39 Å². The second-order valence-corrected chi connectivity index (χ2v) is 4.77. The van der Waals surface area contributed by atoms with Gasteiger partial charge in [0.15, 0.2) is 11.6 Å². The van der Waals surface area contributed by atoms with E-state index < -0.39 is 5.82 Å². The van der Waals surface area contributed by atoms with Crippen LogP contribution in [0, 0.1) is 5.82 Å². The van der Waals surface area contributed by atoms with Gasteiger partial charge in [-0.25, -0.2) is 4.39 Å². The molecule has 82 valence electrons. The van der Waals surface area contributed by atoms with Crippen LogP contribution in [0.1, 0.15) is 24.3 Å². The van der Waals surface area contributed by atoms with Crippen LogP contribution in [0.15, 0.2) is 16.6 Å². The highest BCUT2D eigenvalue weighted by molar-refractivity contribution is 9.10. The minimum Gasteiger partial charge on any atom is -0.505 e. The fraction of sp³-hybridized carbons (Fsp3) is 0.455. The molecule has 1 saturated heterocycles. The van der Waals surface area contributed by atoms with Crippen LogP contribution >= 0.6 is 15.9 Å². The molecule has 0 bridgehead atoms. The first-order chi connectivity index (χ1) is 7.18. The number of nitrogens with one attached hydrogen (secondary N) is 1. The van der Waals surface area contributed by atoms with Crippen molar-refractivity contribution in [3.63, 3.8) is 0 Å². The zero-order valence-corrected chi connectivity index (χ0v) is 9.85. The molecule has 0 atom stereocenters. The highest BCUT2D eigenvalue weighted by Gasteiger charge is 2.20. The lowest BCUT2D eigenvalue weighted by molar-refractivity contribution is 0.400. The van der Waals surface area contributed by atoms with Gasteiger partial charge in [-0.2, -0.15) is 0 Å². The largest absolute Gasteiger partial charge is 0.505 e. The molecule has 0 amide bonds. The van der Waals surface area contributed by atoms with Crippen molar-refractivity contribution < 1.29 is 9.50 Å². The third kappa shape index (κ3) is 2.32. The first-order valence-corrected chi connectivity index (χ1v) is 5.86. The van der Waals surface area contributed by atoms with Gasteiger partial charge in [-0.1, -0.05) is 15.9 Å². The van der Waals surface area contributed by atoms with Crippen LogP contribution in [-0.2, 0) is 0 Å². The van der Waals surface area contributed by atoms with Gasteiger partial charge in [-0.15, -0.1) is 0 Å².